The van der Waals surface area contributed by atoms with E-state index in [0.717, 1.165) is 4.90 Å². The molecule has 2 aliphatic rings. The zero-order chi connectivity index (χ0) is 14.5. The molecule has 1 atom stereocenters. The van der Waals surface area contributed by atoms with Gasteiger partial charge < -0.3 is 5.73 Å². The maximum atomic E-state index is 12.5. The number of hydrogen-bond acceptors (Lipinski definition) is 7. The van der Waals surface area contributed by atoms with Crippen LogP contribution in [0, 0.1) is 0 Å². The molecule has 0 aliphatic carbocycles. The number of fused-ring (bicyclic) bond motifs is 1. The van der Waals surface area contributed by atoms with Gasteiger partial charge in [0.05, 0.1) is 22.7 Å². The average molecular weight is 297 g/mol. The Kier molecular flexibility index (Phi) is 3.05. The molecule has 8 heteroatoms. The topological polar surface area (TPSA) is 85.1 Å². The molecule has 0 aromatic carbocycles. The molecule has 0 saturated carbocycles. The summed E-state index contributed by atoms with van der Waals surface area (Å²) in [6.45, 7) is 4.44. The second kappa shape index (κ2) is 4.52. The monoisotopic (exact) mass is 297 g/mol. The molecule has 1 saturated heterocycles. The van der Waals surface area contributed by atoms with Gasteiger partial charge in [-0.3, -0.25) is 14.4 Å². The van der Waals surface area contributed by atoms with Gasteiger partial charge in [0, 0.05) is 18.3 Å². The fourth-order valence-corrected chi connectivity index (χ4v) is 3.22. The second-order valence-corrected chi connectivity index (χ2v) is 5.74. The van der Waals surface area contributed by atoms with Crippen molar-refractivity contribution in [3.63, 3.8) is 0 Å². The third kappa shape index (κ3) is 1.76. The van der Waals surface area contributed by atoms with Crippen LogP contribution in [-0.4, -0.2) is 40.8 Å². The summed E-state index contributed by atoms with van der Waals surface area (Å²) in [5.74, 6) is -0.761. The summed E-state index contributed by atoms with van der Waals surface area (Å²) in [7, 11) is 0. The number of carbonyl (C=O) groups is 2. The smallest absolute Gasteiger partial charge is 0.266 e. The lowest BCUT2D eigenvalue weighted by Crippen LogP contribution is -2.57. The molecular formula is C12H15N3O4S. The van der Waals surface area contributed by atoms with E-state index in [4.69, 9.17) is 15.4 Å². The molecule has 7 nitrogen and oxygen atoms in total. The van der Waals surface area contributed by atoms with Crippen LogP contribution in [0.1, 0.15) is 41.0 Å². The van der Waals surface area contributed by atoms with Crippen LogP contribution in [-0.2, 0) is 9.68 Å². The van der Waals surface area contributed by atoms with Crippen LogP contribution in [0.3, 0.4) is 0 Å². The summed E-state index contributed by atoms with van der Waals surface area (Å²) in [5, 5.41) is 3.27. The van der Waals surface area contributed by atoms with E-state index in [1.807, 2.05) is 6.92 Å². The highest BCUT2D eigenvalue weighted by Crippen LogP contribution is 2.39. The Balaban J connectivity index is 1.96. The summed E-state index contributed by atoms with van der Waals surface area (Å²) < 4.78 is 0. The van der Waals surface area contributed by atoms with Crippen LogP contribution in [0.15, 0.2) is 5.38 Å². The van der Waals surface area contributed by atoms with Gasteiger partial charge in [-0.05, 0) is 13.8 Å². The van der Waals surface area contributed by atoms with Crippen molar-refractivity contribution in [3.05, 3.63) is 16.5 Å². The van der Waals surface area contributed by atoms with Crippen LogP contribution in [0.2, 0.25) is 0 Å². The Hall–Kier alpha value is -1.48. The van der Waals surface area contributed by atoms with E-state index in [2.05, 4.69) is 0 Å². The SMILES string of the molecule is CCN1OCCC(C)(N2C(=O)c3csc(N)c3C2=O)O1. The van der Waals surface area contributed by atoms with Crippen molar-refractivity contribution < 1.29 is 19.3 Å². The van der Waals surface area contributed by atoms with Crippen LogP contribution in [0.4, 0.5) is 5.00 Å². The maximum Gasteiger partial charge on any atom is 0.266 e. The molecule has 1 unspecified atom stereocenters. The molecule has 108 valence electrons. The number of hydrogen-bond donors (Lipinski definition) is 1. The highest BCUT2D eigenvalue weighted by Gasteiger charge is 2.51. The van der Waals surface area contributed by atoms with Gasteiger partial charge in [0.1, 0.15) is 0 Å². The van der Waals surface area contributed by atoms with Crippen molar-refractivity contribution in [2.45, 2.75) is 26.0 Å². The van der Waals surface area contributed by atoms with Crippen LogP contribution >= 0.6 is 11.3 Å². The van der Waals surface area contributed by atoms with E-state index in [1.54, 1.807) is 12.3 Å². The number of rotatable bonds is 2. The van der Waals surface area contributed by atoms with Crippen molar-refractivity contribution in [2.75, 3.05) is 18.9 Å². The van der Waals surface area contributed by atoms with Crippen LogP contribution < -0.4 is 5.73 Å². The Labute approximate surface area is 119 Å². The van der Waals surface area contributed by atoms with E-state index in [1.165, 1.54) is 16.6 Å². The third-order valence-electron chi connectivity index (χ3n) is 3.50. The zero-order valence-corrected chi connectivity index (χ0v) is 12.0. The Morgan fingerprint density at radius 1 is 1.45 bits per heavy atom. The molecule has 0 radical (unpaired) electrons. The van der Waals surface area contributed by atoms with E-state index < -0.39 is 11.6 Å². The lowest BCUT2D eigenvalue weighted by atomic mass is 10.1. The zero-order valence-electron chi connectivity index (χ0n) is 11.2. The normalized spacial score (nSPS) is 27.2. The highest BCUT2D eigenvalue weighted by molar-refractivity contribution is 7.14. The second-order valence-electron chi connectivity index (χ2n) is 4.83. The number of hydroxylamine groups is 2. The van der Waals surface area contributed by atoms with E-state index in [-0.39, 0.29) is 5.91 Å². The summed E-state index contributed by atoms with van der Waals surface area (Å²) in [6.07, 6.45) is 0.411. The first-order valence-corrected chi connectivity index (χ1v) is 7.21. The van der Waals surface area contributed by atoms with Crippen LogP contribution in [0.5, 0.6) is 0 Å². The standard InChI is InChI=1S/C12H15N3O4S/c1-3-14-18-5-4-12(2,19-14)15-10(16)7-6-20-9(13)8(7)11(15)17/h6H,3-5,13H2,1-2H3. The van der Waals surface area contributed by atoms with Gasteiger partial charge in [0.2, 0.25) is 0 Å². The first-order chi connectivity index (χ1) is 9.48. The third-order valence-corrected chi connectivity index (χ3v) is 4.31. The summed E-state index contributed by atoms with van der Waals surface area (Å²) in [6, 6.07) is 0. The number of nitrogen functional groups attached to an aromatic ring is 1. The molecule has 2 amide bonds. The molecule has 0 spiro atoms. The fraction of sp³-hybridized carbons (Fsp3) is 0.500. The van der Waals surface area contributed by atoms with E-state index in [0.29, 0.717) is 35.7 Å². The van der Waals surface area contributed by atoms with Gasteiger partial charge in [-0.1, -0.05) is 5.23 Å². The Bertz CT molecular complexity index is 587. The van der Waals surface area contributed by atoms with Gasteiger partial charge in [-0.2, -0.15) is 0 Å². The van der Waals surface area contributed by atoms with Gasteiger partial charge in [0.15, 0.2) is 5.72 Å². The Morgan fingerprint density at radius 3 is 2.85 bits per heavy atom. The largest absolute Gasteiger partial charge is 0.390 e. The van der Waals surface area contributed by atoms with Gasteiger partial charge in [-0.15, -0.1) is 11.3 Å². The first kappa shape index (κ1) is 13.5. The van der Waals surface area contributed by atoms with Gasteiger partial charge in [0.25, 0.3) is 11.8 Å². The summed E-state index contributed by atoms with van der Waals surface area (Å²) >= 11 is 1.20. The molecule has 1 fully saturated rings. The lowest BCUT2D eigenvalue weighted by Gasteiger charge is -2.42. The van der Waals surface area contributed by atoms with E-state index >= 15 is 0 Å². The molecule has 2 aliphatic heterocycles. The molecule has 0 bridgehead atoms. The van der Waals surface area contributed by atoms with Gasteiger partial charge >= 0.3 is 0 Å². The van der Waals surface area contributed by atoms with Crippen molar-refractivity contribution >= 4 is 28.2 Å². The minimum Gasteiger partial charge on any atom is -0.390 e. The highest BCUT2D eigenvalue weighted by atomic mass is 32.1. The average Bonchev–Trinajstić information content (AvgIpc) is 2.91. The number of nitrogens with zero attached hydrogens (tertiary/aromatic N) is 2. The number of carbonyl (C=O) groups excluding carboxylic acids is 2. The van der Waals surface area contributed by atoms with Crippen molar-refractivity contribution in [2.24, 2.45) is 0 Å². The number of anilines is 1. The first-order valence-electron chi connectivity index (χ1n) is 6.33. The molecule has 1 aromatic rings. The van der Waals surface area contributed by atoms with Crippen LogP contribution in [0.25, 0.3) is 0 Å². The molecule has 2 N–H and O–H groups in total. The summed E-state index contributed by atoms with van der Waals surface area (Å²) in [5.41, 5.74) is 5.38. The molecular weight excluding hydrogens is 282 g/mol. The molecule has 20 heavy (non-hydrogen) atoms. The number of nitrogens with two attached hydrogens (primary N) is 1. The van der Waals surface area contributed by atoms with Gasteiger partial charge in [-0.25, -0.2) is 9.74 Å². The Morgan fingerprint density at radius 2 is 2.20 bits per heavy atom. The number of amides is 2. The number of imide groups is 1. The quantitative estimate of drug-likeness (QED) is 0.826. The molecule has 1 aromatic heterocycles. The molecule has 3 rings (SSSR count). The minimum atomic E-state index is -1.05. The predicted molar refractivity (Wildman–Crippen MR) is 71.7 cm³/mol. The molecule has 3 heterocycles. The minimum absolute atomic E-state index is 0.291. The van der Waals surface area contributed by atoms with Crippen molar-refractivity contribution in [1.29, 1.82) is 0 Å². The fourth-order valence-electron chi connectivity index (χ4n) is 2.44. The van der Waals surface area contributed by atoms with Crippen molar-refractivity contribution in [1.82, 2.24) is 10.1 Å². The summed E-state index contributed by atoms with van der Waals surface area (Å²) in [4.78, 5) is 37.0. The lowest BCUT2D eigenvalue weighted by molar-refractivity contribution is -0.449. The van der Waals surface area contributed by atoms with Crippen molar-refractivity contribution in [3.8, 4) is 0 Å². The number of thiophene rings is 1. The predicted octanol–water partition coefficient (Wildman–Crippen LogP) is 1.23. The maximum absolute atomic E-state index is 12.5. The van der Waals surface area contributed by atoms with E-state index in [9.17, 15) is 9.59 Å².